The summed E-state index contributed by atoms with van der Waals surface area (Å²) < 4.78 is 11.0. The summed E-state index contributed by atoms with van der Waals surface area (Å²) in [5.41, 5.74) is 0.783. The van der Waals surface area contributed by atoms with Crippen molar-refractivity contribution in [3.63, 3.8) is 0 Å². The Labute approximate surface area is 110 Å². The zero-order valence-electron chi connectivity index (χ0n) is 10.7. The van der Waals surface area contributed by atoms with E-state index in [1.54, 1.807) is 12.5 Å². The average molecular weight is 261 g/mol. The lowest BCUT2D eigenvalue weighted by Crippen LogP contribution is -2.89. The number of oxime groups is 1. The van der Waals surface area contributed by atoms with Gasteiger partial charge in [0.1, 0.15) is 0 Å². The first-order valence-electron chi connectivity index (χ1n) is 6.42. The van der Waals surface area contributed by atoms with Gasteiger partial charge in [-0.05, 0) is 24.3 Å². The molecule has 0 spiro atoms. The molecule has 0 unspecified atom stereocenters. The molecular weight excluding hydrogens is 244 g/mol. The van der Waals surface area contributed by atoms with Crippen LogP contribution in [0, 0.1) is 5.92 Å². The lowest BCUT2D eigenvalue weighted by Gasteiger charge is -2.30. The van der Waals surface area contributed by atoms with Crippen molar-refractivity contribution >= 4 is 5.71 Å². The van der Waals surface area contributed by atoms with Gasteiger partial charge in [-0.1, -0.05) is 12.1 Å². The minimum atomic E-state index is 0.102. The van der Waals surface area contributed by atoms with Crippen LogP contribution in [-0.2, 0) is 0 Å². The first kappa shape index (κ1) is 12.0. The molecule has 1 aliphatic heterocycles. The van der Waals surface area contributed by atoms with Gasteiger partial charge in [-0.2, -0.15) is 0 Å². The SMILES string of the molecule is C[C@H]1/C(=N/O)C[C@@H](c2ccco2)[NH2+][C@@H]1c1ccco1. The molecule has 0 radical (unpaired) electrons. The Morgan fingerprint density at radius 2 is 1.89 bits per heavy atom. The van der Waals surface area contributed by atoms with Gasteiger partial charge in [-0.25, -0.2) is 0 Å². The van der Waals surface area contributed by atoms with Gasteiger partial charge in [0.05, 0.1) is 24.2 Å². The van der Waals surface area contributed by atoms with Crippen LogP contribution in [-0.4, -0.2) is 10.9 Å². The molecule has 1 aliphatic rings. The third-order valence-electron chi connectivity index (χ3n) is 3.84. The van der Waals surface area contributed by atoms with E-state index in [-0.39, 0.29) is 18.0 Å². The lowest BCUT2D eigenvalue weighted by atomic mass is 9.85. The van der Waals surface area contributed by atoms with Crippen molar-refractivity contribution in [2.24, 2.45) is 11.1 Å². The van der Waals surface area contributed by atoms with Crippen LogP contribution in [0.1, 0.15) is 36.9 Å². The molecule has 5 heteroatoms. The topological polar surface area (TPSA) is 75.5 Å². The van der Waals surface area contributed by atoms with Crippen LogP contribution in [0.4, 0.5) is 0 Å². The molecule has 0 amide bonds. The van der Waals surface area contributed by atoms with Crippen LogP contribution in [0.25, 0.3) is 0 Å². The Balaban J connectivity index is 1.91. The highest BCUT2D eigenvalue weighted by Gasteiger charge is 2.40. The molecule has 5 nitrogen and oxygen atoms in total. The molecule has 1 saturated heterocycles. The molecule has 0 aromatic carbocycles. The second kappa shape index (κ2) is 4.93. The van der Waals surface area contributed by atoms with E-state index in [1.165, 1.54) is 0 Å². The minimum Gasteiger partial charge on any atom is -0.463 e. The Bertz CT molecular complexity index is 545. The molecule has 1 fully saturated rings. The van der Waals surface area contributed by atoms with Crippen LogP contribution < -0.4 is 5.32 Å². The van der Waals surface area contributed by atoms with E-state index in [1.807, 2.05) is 24.3 Å². The molecular formula is C14H17N2O3+. The van der Waals surface area contributed by atoms with Crippen LogP contribution in [0.3, 0.4) is 0 Å². The maximum Gasteiger partial charge on any atom is 0.161 e. The van der Waals surface area contributed by atoms with Gasteiger partial charge < -0.3 is 19.4 Å². The summed E-state index contributed by atoms with van der Waals surface area (Å²) in [5.74, 6) is 1.91. The maximum atomic E-state index is 9.20. The fourth-order valence-electron chi connectivity index (χ4n) is 2.76. The number of nitrogens with zero attached hydrogens (tertiary/aromatic N) is 1. The minimum absolute atomic E-state index is 0.102. The zero-order valence-corrected chi connectivity index (χ0v) is 10.7. The summed E-state index contributed by atoms with van der Waals surface area (Å²) in [4.78, 5) is 0. The van der Waals surface area contributed by atoms with Crippen LogP contribution in [0.15, 0.2) is 50.8 Å². The van der Waals surface area contributed by atoms with E-state index < -0.39 is 0 Å². The number of quaternary nitrogens is 1. The van der Waals surface area contributed by atoms with E-state index in [9.17, 15) is 5.21 Å². The number of hydrogen-bond donors (Lipinski definition) is 2. The standard InChI is InChI=1S/C14H16N2O3/c1-9-10(16-17)8-11(12-4-2-6-18-12)15-14(9)13-5-3-7-19-13/h2-7,9,11,14-15,17H,8H2,1H3/p+1/b16-10+/t9-,11-,14-/m0/s1. The number of hydrogen-bond acceptors (Lipinski definition) is 4. The number of piperidine rings is 1. The third kappa shape index (κ3) is 2.17. The average Bonchev–Trinajstić information content (AvgIpc) is 3.12. The van der Waals surface area contributed by atoms with Gasteiger partial charge in [0, 0.05) is 6.42 Å². The fourth-order valence-corrected chi connectivity index (χ4v) is 2.76. The second-order valence-corrected chi connectivity index (χ2v) is 4.94. The van der Waals surface area contributed by atoms with Gasteiger partial charge in [-0.15, -0.1) is 0 Å². The van der Waals surface area contributed by atoms with E-state index in [0.717, 1.165) is 17.2 Å². The summed E-state index contributed by atoms with van der Waals surface area (Å²) in [6.07, 6.45) is 4.02. The highest BCUT2D eigenvalue weighted by molar-refractivity contribution is 5.87. The van der Waals surface area contributed by atoms with Crippen molar-refractivity contribution in [2.45, 2.75) is 25.4 Å². The predicted molar refractivity (Wildman–Crippen MR) is 67.8 cm³/mol. The quantitative estimate of drug-likeness (QED) is 0.642. The summed E-state index contributed by atoms with van der Waals surface area (Å²) >= 11 is 0. The largest absolute Gasteiger partial charge is 0.463 e. The number of rotatable bonds is 2. The van der Waals surface area contributed by atoms with E-state index in [0.29, 0.717) is 6.42 Å². The number of furan rings is 2. The van der Waals surface area contributed by atoms with Crippen molar-refractivity contribution in [1.29, 1.82) is 0 Å². The van der Waals surface area contributed by atoms with E-state index >= 15 is 0 Å². The van der Waals surface area contributed by atoms with Crippen LogP contribution >= 0.6 is 0 Å². The highest BCUT2D eigenvalue weighted by Crippen LogP contribution is 2.29. The van der Waals surface area contributed by atoms with Gasteiger partial charge in [0.25, 0.3) is 0 Å². The lowest BCUT2D eigenvalue weighted by molar-refractivity contribution is -0.745. The molecule has 19 heavy (non-hydrogen) atoms. The van der Waals surface area contributed by atoms with E-state index in [4.69, 9.17) is 8.83 Å². The molecule has 0 saturated carbocycles. The molecule has 3 heterocycles. The predicted octanol–water partition coefficient (Wildman–Crippen LogP) is 2.09. The molecule has 3 atom stereocenters. The molecule has 0 bridgehead atoms. The second-order valence-electron chi connectivity index (χ2n) is 4.94. The Morgan fingerprint density at radius 3 is 2.47 bits per heavy atom. The first-order valence-corrected chi connectivity index (χ1v) is 6.42. The van der Waals surface area contributed by atoms with E-state index in [2.05, 4.69) is 17.4 Å². The molecule has 0 aliphatic carbocycles. The van der Waals surface area contributed by atoms with Gasteiger partial charge in [0.2, 0.25) is 0 Å². The number of nitrogens with two attached hydrogens (primary N) is 1. The van der Waals surface area contributed by atoms with Gasteiger partial charge in [-0.3, -0.25) is 0 Å². The van der Waals surface area contributed by atoms with Gasteiger partial charge in [0.15, 0.2) is 23.6 Å². The molecule has 2 aromatic heterocycles. The first-order chi connectivity index (χ1) is 9.29. The third-order valence-corrected chi connectivity index (χ3v) is 3.84. The van der Waals surface area contributed by atoms with Crippen molar-refractivity contribution in [3.8, 4) is 0 Å². The molecule has 100 valence electrons. The summed E-state index contributed by atoms with van der Waals surface area (Å²) in [7, 11) is 0. The van der Waals surface area contributed by atoms with Crippen molar-refractivity contribution in [2.75, 3.05) is 0 Å². The normalized spacial score (nSPS) is 29.7. The maximum absolute atomic E-state index is 9.20. The van der Waals surface area contributed by atoms with Crippen molar-refractivity contribution < 1.29 is 19.4 Å². The molecule has 3 N–H and O–H groups in total. The molecule has 2 aromatic rings. The Kier molecular flexibility index (Phi) is 3.13. The smallest absolute Gasteiger partial charge is 0.161 e. The highest BCUT2D eigenvalue weighted by atomic mass is 16.4. The summed E-state index contributed by atoms with van der Waals surface area (Å²) in [6.45, 7) is 2.05. The summed E-state index contributed by atoms with van der Waals surface area (Å²) in [5, 5.41) is 14.9. The fraction of sp³-hybridized carbons (Fsp3) is 0.357. The summed E-state index contributed by atoms with van der Waals surface area (Å²) in [6, 6.07) is 7.88. The van der Waals surface area contributed by atoms with Crippen molar-refractivity contribution in [3.05, 3.63) is 48.3 Å². The van der Waals surface area contributed by atoms with Crippen LogP contribution in [0.2, 0.25) is 0 Å². The van der Waals surface area contributed by atoms with Crippen LogP contribution in [0.5, 0.6) is 0 Å². The molecule has 3 rings (SSSR count). The van der Waals surface area contributed by atoms with Crippen molar-refractivity contribution in [1.82, 2.24) is 0 Å². The monoisotopic (exact) mass is 261 g/mol. The van der Waals surface area contributed by atoms with Gasteiger partial charge >= 0.3 is 0 Å². The Morgan fingerprint density at radius 1 is 1.21 bits per heavy atom. The zero-order chi connectivity index (χ0) is 13.2. The Hall–Kier alpha value is -2.01.